The second-order valence-electron chi connectivity index (χ2n) is 7.03. The highest BCUT2D eigenvalue weighted by molar-refractivity contribution is 5.83. The van der Waals surface area contributed by atoms with Crippen molar-refractivity contribution >= 4 is 5.91 Å². The lowest BCUT2D eigenvalue weighted by molar-refractivity contribution is -0.131. The summed E-state index contributed by atoms with van der Waals surface area (Å²) in [5.74, 6) is 0.303. The van der Waals surface area contributed by atoms with Gasteiger partial charge in [-0.05, 0) is 44.1 Å². The maximum absolute atomic E-state index is 12.6. The molecule has 3 heteroatoms. The second kappa shape index (κ2) is 5.20. The quantitative estimate of drug-likeness (QED) is 0.807. The minimum absolute atomic E-state index is 0.124. The highest BCUT2D eigenvalue weighted by atomic mass is 16.2. The Hall–Kier alpha value is -0.570. The van der Waals surface area contributed by atoms with Crippen LogP contribution < -0.4 is 10.6 Å². The number of carbonyl (C=O) groups excluding carboxylic acids is 1. The lowest BCUT2D eigenvalue weighted by Crippen LogP contribution is -2.46. The summed E-state index contributed by atoms with van der Waals surface area (Å²) < 4.78 is 0. The predicted octanol–water partition coefficient (Wildman–Crippen LogP) is 2.46. The molecule has 2 rings (SSSR count). The fourth-order valence-corrected chi connectivity index (χ4v) is 3.64. The molecule has 0 aromatic rings. The average Bonchev–Trinajstić information content (AvgIpc) is 2.87. The van der Waals surface area contributed by atoms with Gasteiger partial charge in [0, 0.05) is 12.6 Å². The first-order chi connectivity index (χ1) is 8.47. The molecule has 0 aromatic heterocycles. The van der Waals surface area contributed by atoms with Crippen molar-refractivity contribution in [3.05, 3.63) is 0 Å². The van der Waals surface area contributed by atoms with Gasteiger partial charge in [-0.3, -0.25) is 4.79 Å². The van der Waals surface area contributed by atoms with Crippen molar-refractivity contribution in [1.82, 2.24) is 10.6 Å². The summed E-state index contributed by atoms with van der Waals surface area (Å²) in [4.78, 5) is 12.6. The van der Waals surface area contributed by atoms with E-state index in [1.54, 1.807) is 0 Å². The van der Waals surface area contributed by atoms with E-state index in [9.17, 15) is 4.79 Å². The van der Waals surface area contributed by atoms with Crippen molar-refractivity contribution in [1.29, 1.82) is 0 Å². The zero-order valence-corrected chi connectivity index (χ0v) is 12.1. The molecule has 1 amide bonds. The number of carbonyl (C=O) groups is 1. The van der Waals surface area contributed by atoms with Gasteiger partial charge in [-0.1, -0.05) is 27.2 Å². The van der Waals surface area contributed by atoms with Gasteiger partial charge < -0.3 is 10.6 Å². The maximum Gasteiger partial charge on any atom is 0.227 e. The summed E-state index contributed by atoms with van der Waals surface area (Å²) in [6, 6.07) is 0.404. The molecule has 2 aliphatic rings. The van der Waals surface area contributed by atoms with Crippen molar-refractivity contribution in [2.45, 2.75) is 65.3 Å². The van der Waals surface area contributed by atoms with Crippen LogP contribution >= 0.6 is 0 Å². The van der Waals surface area contributed by atoms with Crippen LogP contribution in [0.5, 0.6) is 0 Å². The summed E-state index contributed by atoms with van der Waals surface area (Å²) in [7, 11) is 0. The Bertz CT molecular complexity index is 306. The van der Waals surface area contributed by atoms with E-state index in [2.05, 4.69) is 31.4 Å². The smallest absolute Gasteiger partial charge is 0.227 e. The van der Waals surface area contributed by atoms with E-state index in [1.165, 1.54) is 6.42 Å². The first kappa shape index (κ1) is 13.9. The molecule has 104 valence electrons. The summed E-state index contributed by atoms with van der Waals surface area (Å²) in [5.41, 5.74) is 0.283. The molecule has 0 aromatic carbocycles. The van der Waals surface area contributed by atoms with Crippen LogP contribution in [0.25, 0.3) is 0 Å². The SMILES string of the molecule is CCCC1(C(=O)NC2CCC(C)(C)C2)CCNC1. The van der Waals surface area contributed by atoms with Crippen LogP contribution in [0.2, 0.25) is 0 Å². The third kappa shape index (κ3) is 2.87. The zero-order valence-electron chi connectivity index (χ0n) is 12.1. The van der Waals surface area contributed by atoms with E-state index < -0.39 is 0 Å². The van der Waals surface area contributed by atoms with Crippen LogP contribution in [0.1, 0.15) is 59.3 Å². The minimum Gasteiger partial charge on any atom is -0.353 e. The Morgan fingerprint density at radius 1 is 1.39 bits per heavy atom. The van der Waals surface area contributed by atoms with Crippen LogP contribution in [-0.2, 0) is 4.79 Å². The van der Waals surface area contributed by atoms with E-state index in [4.69, 9.17) is 0 Å². The third-order valence-electron chi connectivity index (χ3n) is 4.76. The fraction of sp³-hybridized carbons (Fsp3) is 0.933. The summed E-state index contributed by atoms with van der Waals surface area (Å²) >= 11 is 0. The molecule has 1 saturated heterocycles. The van der Waals surface area contributed by atoms with Gasteiger partial charge >= 0.3 is 0 Å². The van der Waals surface area contributed by atoms with Crippen LogP contribution in [0.15, 0.2) is 0 Å². The monoisotopic (exact) mass is 252 g/mol. The Morgan fingerprint density at radius 2 is 2.17 bits per heavy atom. The van der Waals surface area contributed by atoms with Crippen molar-refractivity contribution in [3.8, 4) is 0 Å². The van der Waals surface area contributed by atoms with Crippen LogP contribution in [0, 0.1) is 10.8 Å². The molecule has 0 radical (unpaired) electrons. The largest absolute Gasteiger partial charge is 0.353 e. The van der Waals surface area contributed by atoms with Crippen molar-refractivity contribution < 1.29 is 4.79 Å². The third-order valence-corrected chi connectivity index (χ3v) is 4.76. The van der Waals surface area contributed by atoms with Gasteiger partial charge in [-0.25, -0.2) is 0 Å². The van der Waals surface area contributed by atoms with Crippen molar-refractivity contribution in [2.24, 2.45) is 10.8 Å². The van der Waals surface area contributed by atoms with Gasteiger partial charge in [-0.2, -0.15) is 0 Å². The Balaban J connectivity index is 1.94. The Labute approximate surface area is 111 Å². The zero-order chi connectivity index (χ0) is 13.2. The van der Waals surface area contributed by atoms with E-state index in [-0.39, 0.29) is 5.41 Å². The van der Waals surface area contributed by atoms with E-state index >= 15 is 0 Å². The molecule has 3 nitrogen and oxygen atoms in total. The first-order valence-electron chi connectivity index (χ1n) is 7.49. The number of hydrogen-bond donors (Lipinski definition) is 2. The maximum atomic E-state index is 12.6. The molecule has 0 bridgehead atoms. The predicted molar refractivity (Wildman–Crippen MR) is 74.4 cm³/mol. The fourth-order valence-electron chi connectivity index (χ4n) is 3.64. The van der Waals surface area contributed by atoms with E-state index in [0.717, 1.165) is 45.2 Å². The standard InChI is InChI=1S/C15H28N2O/c1-4-6-15(8-9-16-11-15)13(18)17-12-5-7-14(2,3)10-12/h12,16H,4-11H2,1-3H3,(H,17,18). The molecule has 1 aliphatic heterocycles. The molecule has 2 unspecified atom stereocenters. The van der Waals surface area contributed by atoms with Gasteiger partial charge in [0.15, 0.2) is 0 Å². The number of hydrogen-bond acceptors (Lipinski definition) is 2. The van der Waals surface area contributed by atoms with Crippen LogP contribution in [-0.4, -0.2) is 25.0 Å². The topological polar surface area (TPSA) is 41.1 Å². The Kier molecular flexibility index (Phi) is 4.00. The highest BCUT2D eigenvalue weighted by Crippen LogP contribution is 2.38. The molecular weight excluding hydrogens is 224 g/mol. The average molecular weight is 252 g/mol. The lowest BCUT2D eigenvalue weighted by atomic mass is 9.81. The molecule has 1 saturated carbocycles. The first-order valence-corrected chi connectivity index (χ1v) is 7.49. The van der Waals surface area contributed by atoms with Crippen molar-refractivity contribution in [2.75, 3.05) is 13.1 Å². The number of rotatable bonds is 4. The van der Waals surface area contributed by atoms with Gasteiger partial charge in [-0.15, -0.1) is 0 Å². The number of nitrogens with one attached hydrogen (secondary N) is 2. The molecule has 1 aliphatic carbocycles. The van der Waals surface area contributed by atoms with Gasteiger partial charge in [0.1, 0.15) is 0 Å². The molecule has 2 N–H and O–H groups in total. The van der Waals surface area contributed by atoms with Gasteiger partial charge in [0.25, 0.3) is 0 Å². The molecule has 0 spiro atoms. The van der Waals surface area contributed by atoms with Gasteiger partial charge in [0.2, 0.25) is 5.91 Å². The molecular formula is C15H28N2O. The van der Waals surface area contributed by atoms with E-state index in [0.29, 0.717) is 17.4 Å². The summed E-state index contributed by atoms with van der Waals surface area (Å²) in [6.07, 6.45) is 6.62. The van der Waals surface area contributed by atoms with Crippen LogP contribution in [0.4, 0.5) is 0 Å². The second-order valence-corrected chi connectivity index (χ2v) is 7.03. The number of amides is 1. The molecule has 18 heavy (non-hydrogen) atoms. The summed E-state index contributed by atoms with van der Waals surface area (Å²) in [5, 5.41) is 6.68. The highest BCUT2D eigenvalue weighted by Gasteiger charge is 2.42. The lowest BCUT2D eigenvalue weighted by Gasteiger charge is -2.28. The van der Waals surface area contributed by atoms with Gasteiger partial charge in [0.05, 0.1) is 5.41 Å². The normalized spacial score (nSPS) is 34.7. The van der Waals surface area contributed by atoms with Crippen molar-refractivity contribution in [3.63, 3.8) is 0 Å². The minimum atomic E-state index is -0.124. The molecule has 2 fully saturated rings. The molecule has 1 heterocycles. The summed E-state index contributed by atoms with van der Waals surface area (Å²) in [6.45, 7) is 8.63. The Morgan fingerprint density at radius 3 is 2.67 bits per heavy atom. The van der Waals surface area contributed by atoms with Crippen LogP contribution in [0.3, 0.4) is 0 Å². The van der Waals surface area contributed by atoms with E-state index in [1.807, 2.05) is 0 Å². The molecule has 2 atom stereocenters.